The molecule has 0 saturated heterocycles. The molecule has 0 unspecified atom stereocenters. The highest BCUT2D eigenvalue weighted by atomic mass is 32.1. The van der Waals surface area contributed by atoms with Crippen molar-refractivity contribution >= 4 is 16.7 Å². The molecule has 4 heteroatoms. The van der Waals surface area contributed by atoms with Gasteiger partial charge in [0.15, 0.2) is 0 Å². The van der Waals surface area contributed by atoms with Crippen LogP contribution in [0.4, 0.5) is 5.13 Å². The molecule has 2 aliphatic carbocycles. The third-order valence-electron chi connectivity index (χ3n) is 3.69. The normalized spacial score (nSPS) is 21.5. The predicted molar refractivity (Wildman–Crippen MR) is 66.9 cm³/mol. The molecule has 16 heavy (non-hydrogen) atoms. The van der Waals surface area contributed by atoms with Crippen molar-refractivity contribution in [2.24, 2.45) is 5.92 Å². The zero-order valence-corrected chi connectivity index (χ0v) is 10.4. The number of hydrogen-bond donors (Lipinski definition) is 1. The van der Waals surface area contributed by atoms with Crippen molar-refractivity contribution < 1.29 is 0 Å². The summed E-state index contributed by atoms with van der Waals surface area (Å²) >= 11 is 1.53. The van der Waals surface area contributed by atoms with Gasteiger partial charge < -0.3 is 5.32 Å². The second-order valence-electron chi connectivity index (χ2n) is 5.10. The number of aromatic nitrogens is 2. The van der Waals surface area contributed by atoms with Crippen molar-refractivity contribution in [1.82, 2.24) is 9.36 Å². The van der Waals surface area contributed by atoms with Gasteiger partial charge in [0.05, 0.1) is 0 Å². The van der Waals surface area contributed by atoms with Crippen LogP contribution in [0.1, 0.15) is 56.7 Å². The Morgan fingerprint density at radius 2 is 2.00 bits per heavy atom. The molecule has 0 amide bonds. The average molecular weight is 237 g/mol. The van der Waals surface area contributed by atoms with Crippen LogP contribution in [0.3, 0.4) is 0 Å². The fourth-order valence-corrected chi connectivity index (χ4v) is 3.17. The maximum atomic E-state index is 4.53. The summed E-state index contributed by atoms with van der Waals surface area (Å²) in [6.45, 7) is 1.07. The molecule has 3 rings (SSSR count). The lowest BCUT2D eigenvalue weighted by Gasteiger charge is -2.08. The SMILES string of the molecule is C1CCC(CCNc2nc(C3CC3)ns2)C1. The van der Waals surface area contributed by atoms with Gasteiger partial charge in [-0.25, -0.2) is 4.98 Å². The number of nitrogens with one attached hydrogen (secondary N) is 1. The molecule has 1 heterocycles. The minimum atomic E-state index is 0.682. The Bertz CT molecular complexity index is 340. The summed E-state index contributed by atoms with van der Waals surface area (Å²) < 4.78 is 4.40. The van der Waals surface area contributed by atoms with E-state index >= 15 is 0 Å². The van der Waals surface area contributed by atoms with Crippen molar-refractivity contribution in [3.05, 3.63) is 5.82 Å². The highest BCUT2D eigenvalue weighted by molar-refractivity contribution is 7.09. The predicted octanol–water partition coefficient (Wildman–Crippen LogP) is 3.41. The van der Waals surface area contributed by atoms with E-state index in [9.17, 15) is 0 Å². The molecule has 88 valence electrons. The third-order valence-corrected chi connectivity index (χ3v) is 4.37. The second-order valence-corrected chi connectivity index (χ2v) is 5.85. The lowest BCUT2D eigenvalue weighted by molar-refractivity contribution is 0.518. The van der Waals surface area contributed by atoms with Crippen molar-refractivity contribution in [3.63, 3.8) is 0 Å². The molecule has 0 atom stereocenters. The van der Waals surface area contributed by atoms with E-state index in [1.807, 2.05) is 0 Å². The topological polar surface area (TPSA) is 37.8 Å². The molecular formula is C12H19N3S. The lowest BCUT2D eigenvalue weighted by Crippen LogP contribution is -2.06. The first-order valence-electron chi connectivity index (χ1n) is 6.49. The molecule has 0 bridgehead atoms. The summed E-state index contributed by atoms with van der Waals surface area (Å²) in [6, 6.07) is 0. The summed E-state index contributed by atoms with van der Waals surface area (Å²) in [5.41, 5.74) is 0. The van der Waals surface area contributed by atoms with E-state index in [4.69, 9.17) is 0 Å². The van der Waals surface area contributed by atoms with Gasteiger partial charge in [0.25, 0.3) is 0 Å². The molecule has 0 aliphatic heterocycles. The van der Waals surface area contributed by atoms with Crippen LogP contribution in [0.15, 0.2) is 0 Å². The Hall–Kier alpha value is -0.640. The molecule has 2 aliphatic rings. The van der Waals surface area contributed by atoms with Gasteiger partial charge in [-0.2, -0.15) is 4.37 Å². The molecule has 0 radical (unpaired) electrons. The molecule has 0 spiro atoms. The van der Waals surface area contributed by atoms with Gasteiger partial charge in [-0.1, -0.05) is 25.7 Å². The smallest absolute Gasteiger partial charge is 0.202 e. The zero-order chi connectivity index (χ0) is 10.8. The molecule has 1 N–H and O–H groups in total. The Kier molecular flexibility index (Phi) is 3.09. The Labute approximate surface area is 101 Å². The third kappa shape index (κ3) is 2.54. The largest absolute Gasteiger partial charge is 0.360 e. The maximum absolute atomic E-state index is 4.53. The summed E-state index contributed by atoms with van der Waals surface area (Å²) in [5, 5.41) is 4.45. The van der Waals surface area contributed by atoms with Crippen molar-refractivity contribution in [2.75, 3.05) is 11.9 Å². The molecule has 1 aromatic rings. The summed E-state index contributed by atoms with van der Waals surface area (Å²) in [6.07, 6.45) is 9.63. The van der Waals surface area contributed by atoms with Crippen LogP contribution in [0.25, 0.3) is 0 Å². The molecular weight excluding hydrogens is 218 g/mol. The average Bonchev–Trinajstić information content (AvgIpc) is 2.83. The molecule has 2 fully saturated rings. The van der Waals surface area contributed by atoms with E-state index in [1.54, 1.807) is 0 Å². The Morgan fingerprint density at radius 1 is 1.19 bits per heavy atom. The molecule has 0 aromatic carbocycles. The number of rotatable bonds is 5. The van der Waals surface area contributed by atoms with Gasteiger partial charge in [0.2, 0.25) is 5.13 Å². The quantitative estimate of drug-likeness (QED) is 0.852. The molecule has 1 aromatic heterocycles. The number of anilines is 1. The van der Waals surface area contributed by atoms with Crippen molar-refractivity contribution in [2.45, 2.75) is 50.9 Å². The van der Waals surface area contributed by atoms with Crippen LogP contribution in [0.5, 0.6) is 0 Å². The highest BCUT2D eigenvalue weighted by Gasteiger charge is 2.27. The fourth-order valence-electron chi connectivity index (χ4n) is 2.50. The van der Waals surface area contributed by atoms with E-state index in [0.29, 0.717) is 5.92 Å². The lowest BCUT2D eigenvalue weighted by atomic mass is 10.0. The molecule has 3 nitrogen and oxygen atoms in total. The zero-order valence-electron chi connectivity index (χ0n) is 9.61. The summed E-state index contributed by atoms with van der Waals surface area (Å²) in [7, 11) is 0. The van der Waals surface area contributed by atoms with Crippen molar-refractivity contribution in [1.29, 1.82) is 0 Å². The van der Waals surface area contributed by atoms with Crippen LogP contribution in [0.2, 0.25) is 0 Å². The van der Waals surface area contributed by atoms with Crippen LogP contribution >= 0.6 is 11.5 Å². The van der Waals surface area contributed by atoms with Gasteiger partial charge in [-0.3, -0.25) is 0 Å². The minimum Gasteiger partial charge on any atom is -0.360 e. The maximum Gasteiger partial charge on any atom is 0.202 e. The van der Waals surface area contributed by atoms with Crippen LogP contribution < -0.4 is 5.32 Å². The first-order chi connectivity index (χ1) is 7.92. The second kappa shape index (κ2) is 4.70. The standard InChI is InChI=1S/C12H19N3S/c1-2-4-9(3-1)7-8-13-12-14-11(15-16-12)10-5-6-10/h9-10H,1-8H2,(H,13,14,15). The van der Waals surface area contributed by atoms with Crippen LogP contribution in [-0.4, -0.2) is 15.9 Å². The van der Waals surface area contributed by atoms with Gasteiger partial charge in [0, 0.05) is 24.0 Å². The Balaban J connectivity index is 1.42. The van der Waals surface area contributed by atoms with Gasteiger partial charge in [0.1, 0.15) is 5.82 Å². The molecule has 2 saturated carbocycles. The fraction of sp³-hybridized carbons (Fsp3) is 0.833. The first-order valence-corrected chi connectivity index (χ1v) is 7.26. The summed E-state index contributed by atoms with van der Waals surface area (Å²) in [5.74, 6) is 2.72. The van der Waals surface area contributed by atoms with Gasteiger partial charge in [-0.05, 0) is 25.2 Å². The van der Waals surface area contributed by atoms with Crippen molar-refractivity contribution in [3.8, 4) is 0 Å². The van der Waals surface area contributed by atoms with Gasteiger partial charge in [-0.15, -0.1) is 0 Å². The number of nitrogens with zero attached hydrogens (tertiary/aromatic N) is 2. The highest BCUT2D eigenvalue weighted by Crippen LogP contribution is 2.39. The van der Waals surface area contributed by atoms with E-state index in [-0.39, 0.29) is 0 Å². The first kappa shape index (κ1) is 10.5. The van der Waals surface area contributed by atoms with E-state index in [2.05, 4.69) is 14.7 Å². The van der Waals surface area contributed by atoms with Gasteiger partial charge >= 0.3 is 0 Å². The number of hydrogen-bond acceptors (Lipinski definition) is 4. The van der Waals surface area contributed by atoms with Crippen LogP contribution in [0, 0.1) is 5.92 Å². The van der Waals surface area contributed by atoms with E-state index in [1.165, 1.54) is 56.5 Å². The van der Waals surface area contributed by atoms with Crippen LogP contribution in [-0.2, 0) is 0 Å². The van der Waals surface area contributed by atoms with E-state index in [0.717, 1.165) is 23.4 Å². The monoisotopic (exact) mass is 237 g/mol. The van der Waals surface area contributed by atoms with E-state index < -0.39 is 0 Å². The Morgan fingerprint density at radius 3 is 2.75 bits per heavy atom. The summed E-state index contributed by atoms with van der Waals surface area (Å²) in [4.78, 5) is 4.53. The minimum absolute atomic E-state index is 0.682.